The first-order valence-corrected chi connectivity index (χ1v) is 7.38. The third-order valence-corrected chi connectivity index (χ3v) is 4.86. The molecular weight excluding hydrogens is 347 g/mol. The van der Waals surface area contributed by atoms with Crippen molar-refractivity contribution < 1.29 is 4.74 Å². The van der Waals surface area contributed by atoms with Gasteiger partial charge < -0.3 is 4.74 Å². The van der Waals surface area contributed by atoms with Gasteiger partial charge >= 0.3 is 0 Å². The van der Waals surface area contributed by atoms with E-state index in [1.165, 1.54) is 0 Å². The van der Waals surface area contributed by atoms with Crippen LogP contribution in [0.2, 0.25) is 5.02 Å². The monoisotopic (exact) mass is 358 g/mol. The number of halogens is 3. The van der Waals surface area contributed by atoms with Gasteiger partial charge in [0.25, 0.3) is 0 Å². The van der Waals surface area contributed by atoms with E-state index in [0.29, 0.717) is 5.02 Å². The maximum Gasteiger partial charge on any atom is 0.120 e. The number of alkyl halides is 1. The summed E-state index contributed by atoms with van der Waals surface area (Å²) in [5.74, 6) is 0.723. The molecule has 0 fully saturated rings. The van der Waals surface area contributed by atoms with Gasteiger partial charge in [-0.05, 0) is 35.7 Å². The van der Waals surface area contributed by atoms with E-state index in [1.54, 1.807) is 13.2 Å². The van der Waals surface area contributed by atoms with Gasteiger partial charge in [0.05, 0.1) is 12.5 Å². The number of benzene rings is 2. The standard InChI is InChI=1S/C15H13BrCl2O/c1-9-4-3-5-12(14(9)16)15(18)11-7-6-10(19-2)8-13(11)17/h3-8,15H,1-2H3. The second kappa shape index (κ2) is 6.17. The zero-order valence-electron chi connectivity index (χ0n) is 10.6. The van der Waals surface area contributed by atoms with E-state index >= 15 is 0 Å². The lowest BCUT2D eigenvalue weighted by atomic mass is 10.0. The molecule has 4 heteroatoms. The van der Waals surface area contributed by atoms with E-state index in [0.717, 1.165) is 26.9 Å². The van der Waals surface area contributed by atoms with Gasteiger partial charge in [0.2, 0.25) is 0 Å². The summed E-state index contributed by atoms with van der Waals surface area (Å²) in [4.78, 5) is 0. The number of hydrogen-bond acceptors (Lipinski definition) is 1. The molecule has 1 nitrogen and oxygen atoms in total. The lowest BCUT2D eigenvalue weighted by Gasteiger charge is -2.15. The summed E-state index contributed by atoms with van der Waals surface area (Å²) in [7, 11) is 1.61. The van der Waals surface area contributed by atoms with Crippen molar-refractivity contribution in [3.8, 4) is 5.75 Å². The Morgan fingerprint density at radius 2 is 1.89 bits per heavy atom. The quantitative estimate of drug-likeness (QED) is 0.634. The predicted molar refractivity (Wildman–Crippen MR) is 84.6 cm³/mol. The molecule has 0 aliphatic rings. The average Bonchev–Trinajstić information content (AvgIpc) is 2.41. The van der Waals surface area contributed by atoms with Crippen molar-refractivity contribution in [3.63, 3.8) is 0 Å². The Labute approximate surface area is 131 Å². The molecule has 0 spiro atoms. The van der Waals surface area contributed by atoms with Crippen LogP contribution in [0.1, 0.15) is 22.1 Å². The minimum Gasteiger partial charge on any atom is -0.497 e. The molecule has 0 saturated carbocycles. The van der Waals surface area contributed by atoms with Gasteiger partial charge in [-0.1, -0.05) is 51.8 Å². The fourth-order valence-corrected chi connectivity index (χ4v) is 3.21. The van der Waals surface area contributed by atoms with Crippen LogP contribution in [0.5, 0.6) is 5.75 Å². The molecule has 1 atom stereocenters. The van der Waals surface area contributed by atoms with Gasteiger partial charge in [-0.2, -0.15) is 0 Å². The second-order valence-electron chi connectivity index (χ2n) is 4.23. The van der Waals surface area contributed by atoms with Crippen LogP contribution in [0.25, 0.3) is 0 Å². The molecule has 0 aliphatic heterocycles. The lowest BCUT2D eigenvalue weighted by Crippen LogP contribution is -1.97. The van der Waals surface area contributed by atoms with Crippen LogP contribution >= 0.6 is 39.1 Å². The Balaban J connectivity index is 2.44. The molecule has 0 aromatic heterocycles. The average molecular weight is 360 g/mol. The topological polar surface area (TPSA) is 9.23 Å². The van der Waals surface area contributed by atoms with Gasteiger partial charge in [-0.25, -0.2) is 0 Å². The van der Waals surface area contributed by atoms with E-state index in [9.17, 15) is 0 Å². The molecule has 0 amide bonds. The largest absolute Gasteiger partial charge is 0.497 e. The third kappa shape index (κ3) is 3.07. The van der Waals surface area contributed by atoms with Crippen molar-refractivity contribution >= 4 is 39.1 Å². The summed E-state index contributed by atoms with van der Waals surface area (Å²) in [5, 5.41) is 0.306. The normalized spacial score (nSPS) is 12.3. The van der Waals surface area contributed by atoms with Crippen molar-refractivity contribution in [1.29, 1.82) is 0 Å². The highest BCUT2D eigenvalue weighted by atomic mass is 79.9. The smallest absolute Gasteiger partial charge is 0.120 e. The van der Waals surface area contributed by atoms with Crippen LogP contribution in [0.15, 0.2) is 40.9 Å². The minimum atomic E-state index is -0.298. The zero-order chi connectivity index (χ0) is 14.0. The number of methoxy groups -OCH3 is 1. The van der Waals surface area contributed by atoms with Crippen LogP contribution in [-0.4, -0.2) is 7.11 Å². The maximum atomic E-state index is 6.55. The molecule has 19 heavy (non-hydrogen) atoms. The maximum absolute atomic E-state index is 6.55. The van der Waals surface area contributed by atoms with Crippen molar-refractivity contribution in [2.75, 3.05) is 7.11 Å². The number of hydrogen-bond donors (Lipinski definition) is 0. The van der Waals surface area contributed by atoms with E-state index in [4.69, 9.17) is 27.9 Å². The molecule has 0 N–H and O–H groups in total. The summed E-state index contributed by atoms with van der Waals surface area (Å²) in [6.07, 6.45) is 0. The van der Waals surface area contributed by atoms with Crippen LogP contribution in [0.4, 0.5) is 0 Å². The summed E-state index contributed by atoms with van der Waals surface area (Å²) < 4.78 is 6.16. The van der Waals surface area contributed by atoms with Crippen LogP contribution in [0.3, 0.4) is 0 Å². The number of ether oxygens (including phenoxy) is 1. The van der Waals surface area contributed by atoms with E-state index in [-0.39, 0.29) is 5.38 Å². The van der Waals surface area contributed by atoms with Gasteiger partial charge in [0.1, 0.15) is 5.75 Å². The Morgan fingerprint density at radius 3 is 2.53 bits per heavy atom. The molecule has 1 unspecified atom stereocenters. The van der Waals surface area contributed by atoms with Gasteiger partial charge in [-0.3, -0.25) is 0 Å². The molecular formula is C15H13BrCl2O. The second-order valence-corrected chi connectivity index (χ2v) is 5.86. The number of rotatable bonds is 3. The SMILES string of the molecule is COc1ccc(C(Cl)c2cccc(C)c2Br)c(Cl)c1. The fraction of sp³-hybridized carbons (Fsp3) is 0.200. The van der Waals surface area contributed by atoms with Crippen LogP contribution < -0.4 is 4.74 Å². The van der Waals surface area contributed by atoms with Crippen molar-refractivity contribution in [2.24, 2.45) is 0 Å². The molecule has 2 aromatic carbocycles. The highest BCUT2D eigenvalue weighted by molar-refractivity contribution is 9.10. The molecule has 0 aliphatic carbocycles. The van der Waals surface area contributed by atoms with Crippen LogP contribution in [-0.2, 0) is 0 Å². The van der Waals surface area contributed by atoms with E-state index in [2.05, 4.69) is 15.9 Å². The summed E-state index contributed by atoms with van der Waals surface area (Å²) in [6, 6.07) is 11.5. The molecule has 0 saturated heterocycles. The first kappa shape index (κ1) is 14.7. The van der Waals surface area contributed by atoms with Gasteiger partial charge in [0.15, 0.2) is 0 Å². The third-order valence-electron chi connectivity index (χ3n) is 2.98. The Bertz CT molecular complexity index is 599. The first-order chi connectivity index (χ1) is 9.04. The minimum absolute atomic E-state index is 0.298. The predicted octanol–water partition coefficient (Wildman–Crippen LogP) is 5.75. The van der Waals surface area contributed by atoms with Crippen molar-refractivity contribution in [2.45, 2.75) is 12.3 Å². The lowest BCUT2D eigenvalue weighted by molar-refractivity contribution is 0.414. The highest BCUT2D eigenvalue weighted by Crippen LogP contribution is 2.39. The first-order valence-electron chi connectivity index (χ1n) is 5.77. The van der Waals surface area contributed by atoms with Gasteiger partial charge in [0, 0.05) is 9.50 Å². The summed E-state index contributed by atoms with van der Waals surface area (Å²) in [5.41, 5.74) is 3.02. The number of aryl methyl sites for hydroxylation is 1. The van der Waals surface area contributed by atoms with Crippen LogP contribution in [0, 0.1) is 6.92 Å². The molecule has 0 bridgehead atoms. The molecule has 0 heterocycles. The van der Waals surface area contributed by atoms with Crippen molar-refractivity contribution in [1.82, 2.24) is 0 Å². The molecule has 100 valence electrons. The Morgan fingerprint density at radius 1 is 1.16 bits per heavy atom. The van der Waals surface area contributed by atoms with E-state index in [1.807, 2.05) is 37.3 Å². The Kier molecular flexibility index (Phi) is 4.77. The fourth-order valence-electron chi connectivity index (χ4n) is 1.87. The van der Waals surface area contributed by atoms with E-state index < -0.39 is 0 Å². The zero-order valence-corrected chi connectivity index (χ0v) is 13.7. The Hall–Kier alpha value is -0.700. The summed E-state index contributed by atoms with van der Waals surface area (Å²) >= 11 is 16.4. The van der Waals surface area contributed by atoms with Crippen molar-refractivity contribution in [3.05, 3.63) is 62.6 Å². The summed E-state index contributed by atoms with van der Waals surface area (Å²) in [6.45, 7) is 2.03. The molecule has 2 aromatic rings. The van der Waals surface area contributed by atoms with Gasteiger partial charge in [-0.15, -0.1) is 11.6 Å². The molecule has 2 rings (SSSR count). The molecule has 0 radical (unpaired) electrons. The highest BCUT2D eigenvalue weighted by Gasteiger charge is 2.18.